The Kier molecular flexibility index (Phi) is 10.9. The van der Waals surface area contributed by atoms with Crippen molar-refractivity contribution in [2.45, 2.75) is 64.9 Å². The van der Waals surface area contributed by atoms with Gasteiger partial charge >= 0.3 is 0 Å². The maximum atomic E-state index is 13.3. The number of carbonyl (C=O) groups is 2. The number of halogens is 2. The van der Waals surface area contributed by atoms with Gasteiger partial charge in [0.1, 0.15) is 6.04 Å². The van der Waals surface area contributed by atoms with Crippen LogP contribution in [-0.4, -0.2) is 34.6 Å². The molecule has 0 unspecified atom stereocenters. The normalized spacial score (nSPS) is 12.8. The number of amides is 2. The molecular formula is C25H32Cl2N2O2S. The minimum absolute atomic E-state index is 0.0590. The summed E-state index contributed by atoms with van der Waals surface area (Å²) in [7, 11) is 0. The fraction of sp³-hybridized carbons (Fsp3) is 0.440. The van der Waals surface area contributed by atoms with Crippen LogP contribution in [0.5, 0.6) is 0 Å². The van der Waals surface area contributed by atoms with Crippen LogP contribution in [0.15, 0.2) is 42.5 Å². The van der Waals surface area contributed by atoms with Crippen LogP contribution in [0.4, 0.5) is 0 Å². The van der Waals surface area contributed by atoms with E-state index in [2.05, 4.69) is 5.32 Å². The average molecular weight is 496 g/mol. The number of carbonyl (C=O) groups excluding carboxylic acids is 2. The SMILES string of the molecule is CC[C@H](C(=O)N[C@@H](C)CC)N(Cc1ccccc1C)C(=O)CSCc1c(Cl)cccc1Cl. The molecule has 0 aliphatic rings. The van der Waals surface area contributed by atoms with Gasteiger partial charge in [0.2, 0.25) is 11.8 Å². The van der Waals surface area contributed by atoms with Gasteiger partial charge in [0.15, 0.2) is 0 Å². The summed E-state index contributed by atoms with van der Waals surface area (Å²) in [4.78, 5) is 28.1. The molecule has 0 fully saturated rings. The van der Waals surface area contributed by atoms with Gasteiger partial charge in [0.25, 0.3) is 0 Å². The van der Waals surface area contributed by atoms with Crippen molar-refractivity contribution < 1.29 is 9.59 Å². The quantitative estimate of drug-likeness (QED) is 0.401. The van der Waals surface area contributed by atoms with Gasteiger partial charge in [-0.05, 0) is 55.5 Å². The smallest absolute Gasteiger partial charge is 0.243 e. The van der Waals surface area contributed by atoms with Crippen LogP contribution in [0.1, 0.15) is 50.3 Å². The second-order valence-corrected chi connectivity index (χ2v) is 9.68. The first-order valence-corrected chi connectivity index (χ1v) is 12.8. The molecule has 0 saturated carbocycles. The van der Waals surface area contributed by atoms with Gasteiger partial charge < -0.3 is 10.2 Å². The molecule has 2 amide bonds. The van der Waals surface area contributed by atoms with E-state index < -0.39 is 6.04 Å². The number of rotatable bonds is 11. The zero-order valence-corrected chi connectivity index (χ0v) is 21.5. The summed E-state index contributed by atoms with van der Waals surface area (Å²) in [6, 6.07) is 12.9. The van der Waals surface area contributed by atoms with Crippen LogP contribution in [-0.2, 0) is 21.9 Å². The van der Waals surface area contributed by atoms with Gasteiger partial charge in [-0.3, -0.25) is 9.59 Å². The van der Waals surface area contributed by atoms with Crippen LogP contribution in [0.3, 0.4) is 0 Å². The third-order valence-corrected chi connectivity index (χ3v) is 7.17. The number of nitrogens with zero attached hydrogens (tertiary/aromatic N) is 1. The number of thioether (sulfide) groups is 1. The number of nitrogens with one attached hydrogen (secondary N) is 1. The van der Waals surface area contributed by atoms with Crippen molar-refractivity contribution in [1.29, 1.82) is 0 Å². The van der Waals surface area contributed by atoms with E-state index >= 15 is 0 Å². The van der Waals surface area contributed by atoms with Crippen molar-refractivity contribution >= 4 is 46.8 Å². The summed E-state index contributed by atoms with van der Waals surface area (Å²) in [5.41, 5.74) is 2.95. The Bertz CT molecular complexity index is 902. The average Bonchev–Trinajstić information content (AvgIpc) is 2.76. The monoisotopic (exact) mass is 494 g/mol. The van der Waals surface area contributed by atoms with Crippen LogP contribution >= 0.6 is 35.0 Å². The van der Waals surface area contributed by atoms with Crippen molar-refractivity contribution in [1.82, 2.24) is 10.2 Å². The van der Waals surface area contributed by atoms with Crippen molar-refractivity contribution in [3.63, 3.8) is 0 Å². The zero-order valence-electron chi connectivity index (χ0n) is 19.2. The van der Waals surface area contributed by atoms with Crippen molar-refractivity contribution in [3.8, 4) is 0 Å². The van der Waals surface area contributed by atoms with Crippen molar-refractivity contribution in [3.05, 3.63) is 69.2 Å². The van der Waals surface area contributed by atoms with Gasteiger partial charge in [-0.15, -0.1) is 11.8 Å². The third-order valence-electron chi connectivity index (χ3n) is 5.52. The first-order valence-electron chi connectivity index (χ1n) is 10.9. The summed E-state index contributed by atoms with van der Waals surface area (Å²) < 4.78 is 0. The second-order valence-electron chi connectivity index (χ2n) is 7.88. The van der Waals surface area contributed by atoms with Gasteiger partial charge in [0.05, 0.1) is 5.75 Å². The fourth-order valence-corrected chi connectivity index (χ4v) is 4.97. The molecule has 2 aromatic carbocycles. The first-order chi connectivity index (χ1) is 15.3. The van der Waals surface area contributed by atoms with E-state index in [9.17, 15) is 9.59 Å². The van der Waals surface area contributed by atoms with E-state index in [1.165, 1.54) is 11.8 Å². The third kappa shape index (κ3) is 7.43. The molecule has 0 aromatic heterocycles. The van der Waals surface area contributed by atoms with E-state index in [4.69, 9.17) is 23.2 Å². The lowest BCUT2D eigenvalue weighted by Gasteiger charge is -2.32. The summed E-state index contributed by atoms with van der Waals surface area (Å²) in [5.74, 6) is 0.578. The van der Waals surface area contributed by atoms with E-state index in [0.29, 0.717) is 28.8 Å². The Morgan fingerprint density at radius 2 is 1.69 bits per heavy atom. The maximum Gasteiger partial charge on any atom is 0.243 e. The zero-order chi connectivity index (χ0) is 23.7. The first kappa shape index (κ1) is 26.6. The number of aryl methyl sites for hydroxylation is 1. The fourth-order valence-electron chi connectivity index (χ4n) is 3.33. The van der Waals surface area contributed by atoms with Crippen LogP contribution in [0, 0.1) is 6.92 Å². The second kappa shape index (κ2) is 13.1. The molecule has 7 heteroatoms. The summed E-state index contributed by atoms with van der Waals surface area (Å²) in [6.07, 6.45) is 1.38. The molecule has 2 aromatic rings. The highest BCUT2D eigenvalue weighted by Gasteiger charge is 2.29. The minimum Gasteiger partial charge on any atom is -0.352 e. The molecule has 0 aliphatic heterocycles. The molecule has 2 rings (SSSR count). The molecule has 0 spiro atoms. The van der Waals surface area contributed by atoms with Crippen LogP contribution in [0.2, 0.25) is 10.0 Å². The highest BCUT2D eigenvalue weighted by atomic mass is 35.5. The molecule has 0 heterocycles. The Hall–Kier alpha value is -1.69. The van der Waals surface area contributed by atoms with E-state index in [1.807, 2.05) is 52.0 Å². The summed E-state index contributed by atoms with van der Waals surface area (Å²) in [5, 5.41) is 4.22. The predicted molar refractivity (Wildman–Crippen MR) is 136 cm³/mol. The molecular weight excluding hydrogens is 463 g/mol. The number of hydrogen-bond donors (Lipinski definition) is 1. The molecule has 4 nitrogen and oxygen atoms in total. The highest BCUT2D eigenvalue weighted by Crippen LogP contribution is 2.28. The largest absolute Gasteiger partial charge is 0.352 e. The lowest BCUT2D eigenvalue weighted by atomic mass is 10.1. The Labute approximate surface area is 206 Å². The Morgan fingerprint density at radius 3 is 2.28 bits per heavy atom. The van der Waals surface area contributed by atoms with Crippen molar-refractivity contribution in [2.75, 3.05) is 5.75 Å². The number of hydrogen-bond acceptors (Lipinski definition) is 3. The Balaban J connectivity index is 2.19. The molecule has 0 saturated heterocycles. The highest BCUT2D eigenvalue weighted by molar-refractivity contribution is 7.99. The van der Waals surface area contributed by atoms with E-state index in [-0.39, 0.29) is 23.6 Å². The minimum atomic E-state index is -0.527. The maximum absolute atomic E-state index is 13.3. The number of benzene rings is 2. The molecule has 0 bridgehead atoms. The molecule has 174 valence electrons. The van der Waals surface area contributed by atoms with Gasteiger partial charge in [-0.25, -0.2) is 0 Å². The van der Waals surface area contributed by atoms with Crippen LogP contribution < -0.4 is 5.32 Å². The molecule has 32 heavy (non-hydrogen) atoms. The van der Waals surface area contributed by atoms with E-state index in [0.717, 1.165) is 23.1 Å². The summed E-state index contributed by atoms with van der Waals surface area (Å²) >= 11 is 14.0. The van der Waals surface area contributed by atoms with E-state index in [1.54, 1.807) is 23.1 Å². The topological polar surface area (TPSA) is 49.4 Å². The van der Waals surface area contributed by atoms with Crippen molar-refractivity contribution in [2.24, 2.45) is 0 Å². The standard InChI is InChI=1S/C25H32Cl2N2O2S/c1-5-18(4)28-25(31)23(6-2)29(14-19-11-8-7-10-17(19)3)24(30)16-32-15-20-21(26)12-9-13-22(20)27/h7-13,18,23H,5-6,14-16H2,1-4H3,(H,28,31)/t18-,23+/m0/s1. The lowest BCUT2D eigenvalue weighted by Crippen LogP contribution is -2.51. The Morgan fingerprint density at radius 1 is 1.03 bits per heavy atom. The predicted octanol–water partition coefficient (Wildman–Crippen LogP) is 6.26. The molecule has 0 aliphatic carbocycles. The molecule has 0 radical (unpaired) electrons. The van der Waals surface area contributed by atoms with Gasteiger partial charge in [-0.1, -0.05) is 67.4 Å². The van der Waals surface area contributed by atoms with Crippen LogP contribution in [0.25, 0.3) is 0 Å². The lowest BCUT2D eigenvalue weighted by molar-refractivity contribution is -0.139. The molecule has 2 atom stereocenters. The van der Waals surface area contributed by atoms with Gasteiger partial charge in [0, 0.05) is 28.4 Å². The summed E-state index contributed by atoms with van der Waals surface area (Å²) in [6.45, 7) is 8.35. The molecule has 1 N–H and O–H groups in total. The van der Waals surface area contributed by atoms with Gasteiger partial charge in [-0.2, -0.15) is 0 Å².